The number of benzene rings is 1. The molecule has 0 N–H and O–H groups in total. The summed E-state index contributed by atoms with van der Waals surface area (Å²) in [6.45, 7) is 7.41. The van der Waals surface area contributed by atoms with Gasteiger partial charge in [-0.1, -0.05) is 6.92 Å². The minimum atomic E-state index is 0.435. The summed E-state index contributed by atoms with van der Waals surface area (Å²) in [6, 6.07) is 9.39. The van der Waals surface area contributed by atoms with Crippen LogP contribution in [-0.4, -0.2) is 55.4 Å². The van der Waals surface area contributed by atoms with Crippen molar-refractivity contribution in [2.75, 3.05) is 44.8 Å². The number of anilines is 1. The number of piperazine rings is 1. The molecule has 1 aliphatic rings. The molecule has 1 aromatic heterocycles. The van der Waals surface area contributed by atoms with E-state index in [0.717, 1.165) is 32.8 Å². The third-order valence-electron chi connectivity index (χ3n) is 4.57. The molecule has 0 bridgehead atoms. The molecule has 4 nitrogen and oxygen atoms in total. The molecule has 21 heavy (non-hydrogen) atoms. The van der Waals surface area contributed by atoms with Crippen LogP contribution in [0, 0.1) is 0 Å². The summed E-state index contributed by atoms with van der Waals surface area (Å²) in [5.74, 6) is 0. The molecule has 1 aromatic carbocycles. The Balaban J connectivity index is 1.88. The maximum absolute atomic E-state index is 5.45. The number of methoxy groups -OCH3 is 1. The second-order valence-corrected chi connectivity index (χ2v) is 5.87. The molecule has 0 amide bonds. The van der Waals surface area contributed by atoms with Crippen molar-refractivity contribution in [1.82, 2.24) is 9.47 Å². The summed E-state index contributed by atoms with van der Waals surface area (Å²) < 4.78 is 7.61. The van der Waals surface area contributed by atoms with Crippen LogP contribution in [-0.2, 0) is 11.8 Å². The molecular formula is C17H25N3O. The number of hydrogen-bond donors (Lipinski definition) is 0. The van der Waals surface area contributed by atoms with Crippen molar-refractivity contribution in [3.05, 3.63) is 30.5 Å². The van der Waals surface area contributed by atoms with Gasteiger partial charge in [-0.3, -0.25) is 4.90 Å². The fraction of sp³-hybridized carbons (Fsp3) is 0.529. The van der Waals surface area contributed by atoms with Crippen molar-refractivity contribution in [3.63, 3.8) is 0 Å². The van der Waals surface area contributed by atoms with E-state index in [1.54, 1.807) is 7.11 Å². The lowest BCUT2D eigenvalue weighted by Crippen LogP contribution is -2.55. The van der Waals surface area contributed by atoms with Gasteiger partial charge < -0.3 is 14.2 Å². The molecule has 0 radical (unpaired) electrons. The highest BCUT2D eigenvalue weighted by Gasteiger charge is 2.26. The van der Waals surface area contributed by atoms with Crippen LogP contribution < -0.4 is 4.90 Å². The molecule has 1 atom stereocenters. The maximum atomic E-state index is 5.45. The Morgan fingerprint density at radius 3 is 2.86 bits per heavy atom. The van der Waals surface area contributed by atoms with Gasteiger partial charge in [0.05, 0.1) is 12.6 Å². The van der Waals surface area contributed by atoms with Crippen molar-refractivity contribution < 1.29 is 4.74 Å². The van der Waals surface area contributed by atoms with Gasteiger partial charge in [-0.05, 0) is 30.8 Å². The van der Waals surface area contributed by atoms with Crippen LogP contribution in [0.1, 0.15) is 6.92 Å². The normalized spacial score (nSPS) is 20.3. The lowest BCUT2D eigenvalue weighted by Gasteiger charge is -2.42. The van der Waals surface area contributed by atoms with Gasteiger partial charge in [0.1, 0.15) is 0 Å². The Hall–Kier alpha value is -1.52. The summed E-state index contributed by atoms with van der Waals surface area (Å²) in [4.78, 5) is 5.00. The zero-order valence-electron chi connectivity index (χ0n) is 13.2. The highest BCUT2D eigenvalue weighted by atomic mass is 16.5. The van der Waals surface area contributed by atoms with Crippen LogP contribution >= 0.6 is 0 Å². The topological polar surface area (TPSA) is 20.6 Å². The molecule has 1 aliphatic heterocycles. The minimum absolute atomic E-state index is 0.435. The van der Waals surface area contributed by atoms with E-state index in [1.165, 1.54) is 16.6 Å². The van der Waals surface area contributed by atoms with E-state index >= 15 is 0 Å². The zero-order valence-corrected chi connectivity index (χ0v) is 13.2. The first-order valence-electron chi connectivity index (χ1n) is 7.76. The Morgan fingerprint density at radius 1 is 1.24 bits per heavy atom. The van der Waals surface area contributed by atoms with E-state index in [-0.39, 0.29) is 0 Å². The van der Waals surface area contributed by atoms with Gasteiger partial charge in [0.25, 0.3) is 0 Å². The molecule has 0 aliphatic carbocycles. The highest BCUT2D eigenvalue weighted by Crippen LogP contribution is 2.26. The van der Waals surface area contributed by atoms with E-state index < -0.39 is 0 Å². The first kappa shape index (κ1) is 14.4. The second-order valence-electron chi connectivity index (χ2n) is 5.87. The number of fused-ring (bicyclic) bond motifs is 1. The van der Waals surface area contributed by atoms with Crippen LogP contribution in [0.3, 0.4) is 0 Å². The largest absolute Gasteiger partial charge is 0.383 e. The van der Waals surface area contributed by atoms with Gasteiger partial charge in [0.15, 0.2) is 0 Å². The van der Waals surface area contributed by atoms with Gasteiger partial charge in [-0.25, -0.2) is 0 Å². The van der Waals surface area contributed by atoms with Crippen molar-refractivity contribution >= 4 is 16.6 Å². The molecule has 2 aromatic rings. The Bertz CT molecular complexity index is 607. The molecular weight excluding hydrogens is 262 g/mol. The number of aromatic nitrogens is 1. The number of ether oxygens (including phenoxy) is 1. The molecule has 114 valence electrons. The highest BCUT2D eigenvalue weighted by molar-refractivity contribution is 5.84. The Kier molecular flexibility index (Phi) is 4.17. The van der Waals surface area contributed by atoms with E-state index in [0.29, 0.717) is 6.04 Å². The predicted octanol–water partition coefficient (Wildman–Crippen LogP) is 2.34. The average molecular weight is 287 g/mol. The van der Waals surface area contributed by atoms with Crippen LogP contribution in [0.25, 0.3) is 10.9 Å². The third kappa shape index (κ3) is 2.78. The number of hydrogen-bond acceptors (Lipinski definition) is 3. The summed E-state index contributed by atoms with van der Waals surface area (Å²) in [5, 5.41) is 1.31. The second kappa shape index (κ2) is 6.08. The standard InChI is InChI=1S/C17H25N3O/c1-4-19-9-10-20(16(12-19)13-21-3)15-5-6-17-14(11-15)7-8-18(17)2/h5-8,11,16H,4,9-10,12-13H2,1-3H3. The molecule has 0 saturated carbocycles. The monoisotopic (exact) mass is 287 g/mol. The fourth-order valence-corrected chi connectivity index (χ4v) is 3.33. The third-order valence-corrected chi connectivity index (χ3v) is 4.57. The Morgan fingerprint density at radius 2 is 2.10 bits per heavy atom. The molecule has 4 heteroatoms. The van der Waals surface area contributed by atoms with Crippen molar-refractivity contribution in [2.45, 2.75) is 13.0 Å². The van der Waals surface area contributed by atoms with Gasteiger partial charge in [0, 0.05) is 56.6 Å². The number of aryl methyl sites for hydroxylation is 1. The molecule has 1 unspecified atom stereocenters. The SMILES string of the molecule is CCN1CCN(c2ccc3c(ccn3C)c2)C(COC)C1. The lowest BCUT2D eigenvalue weighted by molar-refractivity contribution is 0.135. The number of rotatable bonds is 4. The molecule has 0 spiro atoms. The molecule has 1 fully saturated rings. The molecule has 3 rings (SSSR count). The van der Waals surface area contributed by atoms with Gasteiger partial charge in [0.2, 0.25) is 0 Å². The summed E-state index contributed by atoms with van der Waals surface area (Å²) in [6.07, 6.45) is 2.12. The van der Waals surface area contributed by atoms with E-state index in [1.807, 2.05) is 0 Å². The van der Waals surface area contributed by atoms with Gasteiger partial charge >= 0.3 is 0 Å². The summed E-state index contributed by atoms with van der Waals surface area (Å²) >= 11 is 0. The van der Waals surface area contributed by atoms with Crippen LogP contribution in [0.5, 0.6) is 0 Å². The van der Waals surface area contributed by atoms with Crippen molar-refractivity contribution in [3.8, 4) is 0 Å². The smallest absolute Gasteiger partial charge is 0.0678 e. The van der Waals surface area contributed by atoms with E-state index in [2.05, 4.69) is 58.8 Å². The first-order chi connectivity index (χ1) is 10.2. The van der Waals surface area contributed by atoms with Crippen LogP contribution in [0.2, 0.25) is 0 Å². The zero-order chi connectivity index (χ0) is 14.8. The van der Waals surface area contributed by atoms with Crippen molar-refractivity contribution in [1.29, 1.82) is 0 Å². The maximum Gasteiger partial charge on any atom is 0.0678 e. The minimum Gasteiger partial charge on any atom is -0.383 e. The van der Waals surface area contributed by atoms with Gasteiger partial charge in [-0.15, -0.1) is 0 Å². The van der Waals surface area contributed by atoms with Crippen LogP contribution in [0.15, 0.2) is 30.5 Å². The summed E-state index contributed by atoms with van der Waals surface area (Å²) in [7, 11) is 3.89. The number of nitrogens with zero attached hydrogens (tertiary/aromatic N) is 3. The van der Waals surface area contributed by atoms with Crippen molar-refractivity contribution in [2.24, 2.45) is 7.05 Å². The van der Waals surface area contributed by atoms with E-state index in [4.69, 9.17) is 4.74 Å². The first-order valence-corrected chi connectivity index (χ1v) is 7.76. The average Bonchev–Trinajstić information content (AvgIpc) is 2.88. The Labute approximate surface area is 126 Å². The molecule has 1 saturated heterocycles. The lowest BCUT2D eigenvalue weighted by atomic mass is 10.1. The molecule has 2 heterocycles. The quantitative estimate of drug-likeness (QED) is 0.861. The van der Waals surface area contributed by atoms with E-state index in [9.17, 15) is 0 Å². The van der Waals surface area contributed by atoms with Gasteiger partial charge in [-0.2, -0.15) is 0 Å². The summed E-state index contributed by atoms with van der Waals surface area (Å²) in [5.41, 5.74) is 2.60. The van der Waals surface area contributed by atoms with Crippen LogP contribution in [0.4, 0.5) is 5.69 Å². The number of likely N-dealkylation sites (N-methyl/N-ethyl adjacent to an activating group) is 1. The fourth-order valence-electron chi connectivity index (χ4n) is 3.33. The predicted molar refractivity (Wildman–Crippen MR) is 88.0 cm³/mol.